The van der Waals surface area contributed by atoms with E-state index in [2.05, 4.69) is 10.1 Å². The van der Waals surface area contributed by atoms with Crippen molar-refractivity contribution in [3.63, 3.8) is 0 Å². The number of carbonyl (C=O) groups is 1. The summed E-state index contributed by atoms with van der Waals surface area (Å²) in [7, 11) is 0. The molecule has 3 rings (SSSR count). The number of rotatable bonds is 2. The van der Waals surface area contributed by atoms with Crippen LogP contribution in [0.4, 0.5) is 17.6 Å². The van der Waals surface area contributed by atoms with E-state index in [1.165, 1.54) is 24.3 Å². The zero-order valence-corrected chi connectivity index (χ0v) is 12.7. The number of amides is 1. The van der Waals surface area contributed by atoms with Gasteiger partial charge >= 0.3 is 12.1 Å². The molecule has 1 aliphatic heterocycles. The third kappa shape index (κ3) is 3.28. The second-order valence-electron chi connectivity index (χ2n) is 4.72. The Morgan fingerprint density at radius 3 is 2.79 bits per heavy atom. The van der Waals surface area contributed by atoms with E-state index in [0.717, 1.165) is 11.8 Å². The lowest BCUT2D eigenvalue weighted by Gasteiger charge is -2.17. The molecule has 1 aromatic heterocycles. The Balaban J connectivity index is 1.87. The van der Waals surface area contributed by atoms with E-state index < -0.39 is 17.9 Å². The average molecular weight is 359 g/mol. The van der Waals surface area contributed by atoms with Crippen LogP contribution in [0.3, 0.4) is 0 Å². The standard InChI is InChI=1S/C14H9F4N3O2S/c15-9-4-2-1-3-8(9)12-19-10(23-20-12)7-11-21(5-6-24-11)13(22)14(16,17)18/h1-4,7H,5-6H2/b11-7+. The molecule has 0 N–H and O–H groups in total. The minimum atomic E-state index is -4.96. The summed E-state index contributed by atoms with van der Waals surface area (Å²) in [6.45, 7) is -0.0663. The molecular formula is C14H9F4N3O2S. The average Bonchev–Trinajstić information content (AvgIpc) is 3.16. The maximum absolute atomic E-state index is 13.7. The molecular weight excluding hydrogens is 350 g/mol. The summed E-state index contributed by atoms with van der Waals surface area (Å²) < 4.78 is 56.3. The van der Waals surface area contributed by atoms with Crippen molar-refractivity contribution in [3.05, 3.63) is 41.0 Å². The summed E-state index contributed by atoms with van der Waals surface area (Å²) >= 11 is 1.06. The lowest BCUT2D eigenvalue weighted by Crippen LogP contribution is -2.38. The molecule has 2 aromatic rings. The van der Waals surface area contributed by atoms with Crippen LogP contribution < -0.4 is 0 Å². The van der Waals surface area contributed by atoms with Crippen molar-refractivity contribution in [1.29, 1.82) is 0 Å². The highest BCUT2D eigenvalue weighted by atomic mass is 32.2. The summed E-state index contributed by atoms with van der Waals surface area (Å²) in [5.41, 5.74) is 0.105. The lowest BCUT2D eigenvalue weighted by atomic mass is 10.2. The first-order chi connectivity index (χ1) is 11.4. The van der Waals surface area contributed by atoms with Gasteiger partial charge in [-0.1, -0.05) is 17.3 Å². The Morgan fingerprint density at radius 2 is 2.08 bits per heavy atom. The second kappa shape index (κ2) is 6.27. The molecule has 1 saturated heterocycles. The molecule has 0 bridgehead atoms. The number of halogens is 4. The fourth-order valence-corrected chi connectivity index (χ4v) is 3.05. The molecule has 1 aliphatic rings. The van der Waals surface area contributed by atoms with E-state index in [9.17, 15) is 22.4 Å². The Morgan fingerprint density at radius 1 is 1.33 bits per heavy atom. The number of nitrogens with zero attached hydrogens (tertiary/aromatic N) is 3. The topological polar surface area (TPSA) is 59.2 Å². The first-order valence-electron chi connectivity index (χ1n) is 6.68. The Labute approximate surface area is 137 Å². The molecule has 126 valence electrons. The number of alkyl halides is 3. The zero-order valence-electron chi connectivity index (χ0n) is 11.9. The van der Waals surface area contributed by atoms with Crippen LogP contribution in [0.2, 0.25) is 0 Å². The molecule has 1 fully saturated rings. The van der Waals surface area contributed by atoms with E-state index >= 15 is 0 Å². The van der Waals surface area contributed by atoms with Gasteiger partial charge in [-0.25, -0.2) is 4.39 Å². The van der Waals surface area contributed by atoms with E-state index in [-0.39, 0.29) is 28.9 Å². The quantitative estimate of drug-likeness (QED) is 0.770. The van der Waals surface area contributed by atoms with Crippen LogP contribution >= 0.6 is 11.8 Å². The molecule has 1 aromatic carbocycles. The largest absolute Gasteiger partial charge is 0.471 e. The van der Waals surface area contributed by atoms with Crippen molar-refractivity contribution in [2.24, 2.45) is 0 Å². The van der Waals surface area contributed by atoms with Gasteiger partial charge in [0.2, 0.25) is 5.82 Å². The molecule has 0 atom stereocenters. The molecule has 0 saturated carbocycles. The number of benzene rings is 1. The van der Waals surface area contributed by atoms with Crippen molar-refractivity contribution in [1.82, 2.24) is 15.0 Å². The van der Waals surface area contributed by atoms with Gasteiger partial charge in [-0.15, -0.1) is 11.8 Å². The van der Waals surface area contributed by atoms with Gasteiger partial charge in [-0.3, -0.25) is 9.69 Å². The SMILES string of the molecule is O=C(N1CCS/C1=C/c1nc(-c2ccccc2F)no1)C(F)(F)F. The molecule has 0 radical (unpaired) electrons. The van der Waals surface area contributed by atoms with Gasteiger partial charge in [0, 0.05) is 18.4 Å². The van der Waals surface area contributed by atoms with Crippen LogP contribution in [0, 0.1) is 5.82 Å². The van der Waals surface area contributed by atoms with Gasteiger partial charge in [-0.05, 0) is 12.1 Å². The first kappa shape index (κ1) is 16.5. The third-order valence-electron chi connectivity index (χ3n) is 3.12. The Kier molecular flexibility index (Phi) is 4.31. The minimum Gasteiger partial charge on any atom is -0.334 e. The highest BCUT2D eigenvalue weighted by Crippen LogP contribution is 2.33. The molecule has 10 heteroatoms. The van der Waals surface area contributed by atoms with Crippen LogP contribution in [-0.2, 0) is 4.79 Å². The number of carbonyl (C=O) groups excluding carboxylic acids is 1. The number of hydrogen-bond acceptors (Lipinski definition) is 5. The summed E-state index contributed by atoms with van der Waals surface area (Å²) in [6, 6.07) is 5.75. The van der Waals surface area contributed by atoms with E-state index in [0.29, 0.717) is 10.7 Å². The van der Waals surface area contributed by atoms with Gasteiger partial charge < -0.3 is 4.52 Å². The molecule has 0 unspecified atom stereocenters. The van der Waals surface area contributed by atoms with Crippen LogP contribution in [0.15, 0.2) is 33.8 Å². The number of thioether (sulfide) groups is 1. The second-order valence-corrected chi connectivity index (χ2v) is 5.84. The Hall–Kier alpha value is -2.36. The molecule has 0 spiro atoms. The molecule has 2 heterocycles. The summed E-state index contributed by atoms with van der Waals surface area (Å²) in [5, 5.41) is 3.66. The third-order valence-corrected chi connectivity index (χ3v) is 4.14. The maximum atomic E-state index is 13.7. The molecule has 1 amide bonds. The van der Waals surface area contributed by atoms with Crippen molar-refractivity contribution in [2.45, 2.75) is 6.18 Å². The van der Waals surface area contributed by atoms with E-state index in [1.807, 2.05) is 0 Å². The van der Waals surface area contributed by atoms with Gasteiger partial charge in [-0.2, -0.15) is 18.2 Å². The maximum Gasteiger partial charge on any atom is 0.471 e. The number of aromatic nitrogens is 2. The molecule has 5 nitrogen and oxygen atoms in total. The highest BCUT2D eigenvalue weighted by Gasteiger charge is 2.45. The number of hydrogen-bond donors (Lipinski definition) is 0. The van der Waals surface area contributed by atoms with Crippen LogP contribution in [0.5, 0.6) is 0 Å². The smallest absolute Gasteiger partial charge is 0.334 e. The van der Waals surface area contributed by atoms with Gasteiger partial charge in [0.05, 0.1) is 10.6 Å². The molecule has 0 aliphatic carbocycles. The van der Waals surface area contributed by atoms with Crippen LogP contribution in [-0.4, -0.2) is 39.4 Å². The fourth-order valence-electron chi connectivity index (χ4n) is 2.06. The van der Waals surface area contributed by atoms with Crippen LogP contribution in [0.25, 0.3) is 17.5 Å². The monoisotopic (exact) mass is 359 g/mol. The highest BCUT2D eigenvalue weighted by molar-refractivity contribution is 8.03. The van der Waals surface area contributed by atoms with Crippen molar-refractivity contribution in [3.8, 4) is 11.4 Å². The molecule has 24 heavy (non-hydrogen) atoms. The van der Waals surface area contributed by atoms with Crippen molar-refractivity contribution < 1.29 is 26.9 Å². The van der Waals surface area contributed by atoms with Crippen LogP contribution in [0.1, 0.15) is 5.89 Å². The zero-order chi connectivity index (χ0) is 17.3. The summed E-state index contributed by atoms with van der Waals surface area (Å²) in [5.74, 6) is -2.33. The van der Waals surface area contributed by atoms with Gasteiger partial charge in [0.25, 0.3) is 5.89 Å². The Bertz CT molecular complexity index is 803. The summed E-state index contributed by atoms with van der Waals surface area (Å²) in [4.78, 5) is 15.9. The normalized spacial score (nSPS) is 16.8. The van der Waals surface area contributed by atoms with Crippen molar-refractivity contribution >= 4 is 23.7 Å². The van der Waals surface area contributed by atoms with E-state index in [4.69, 9.17) is 4.52 Å². The summed E-state index contributed by atoms with van der Waals surface area (Å²) in [6.07, 6.45) is -3.78. The van der Waals surface area contributed by atoms with Gasteiger partial charge in [0.1, 0.15) is 5.82 Å². The van der Waals surface area contributed by atoms with Crippen molar-refractivity contribution in [2.75, 3.05) is 12.3 Å². The predicted octanol–water partition coefficient (Wildman–Crippen LogP) is 3.31. The minimum absolute atomic E-state index is 0.0309. The first-order valence-corrected chi connectivity index (χ1v) is 7.66. The predicted molar refractivity (Wildman–Crippen MR) is 77.9 cm³/mol. The van der Waals surface area contributed by atoms with Gasteiger partial charge in [0.15, 0.2) is 0 Å². The fraction of sp³-hybridized carbons (Fsp3) is 0.214. The lowest BCUT2D eigenvalue weighted by molar-refractivity contribution is -0.182. The van der Waals surface area contributed by atoms with E-state index in [1.54, 1.807) is 6.07 Å².